The molecule has 8 heteroatoms. The summed E-state index contributed by atoms with van der Waals surface area (Å²) >= 11 is 1.97. The molecule has 2 fully saturated rings. The number of amides is 1. The molecule has 5 nitrogen and oxygen atoms in total. The van der Waals surface area contributed by atoms with E-state index in [1.807, 2.05) is 18.0 Å². The number of nitrogens with one attached hydrogen (secondary N) is 1. The van der Waals surface area contributed by atoms with Crippen molar-refractivity contribution in [3.8, 4) is 0 Å². The van der Waals surface area contributed by atoms with Gasteiger partial charge in [0.2, 0.25) is 0 Å². The summed E-state index contributed by atoms with van der Waals surface area (Å²) in [4.78, 5) is 15.0. The van der Waals surface area contributed by atoms with Crippen LogP contribution in [-0.4, -0.2) is 46.2 Å². The topological polar surface area (TPSA) is 49.6 Å². The van der Waals surface area contributed by atoms with Crippen molar-refractivity contribution >= 4 is 28.9 Å². The number of fused-ring (bicyclic) bond motifs is 1. The highest BCUT2D eigenvalue weighted by Crippen LogP contribution is 2.24. The molecule has 2 aromatic heterocycles. The molecule has 0 unspecified atom stereocenters. The van der Waals surface area contributed by atoms with Gasteiger partial charge in [0, 0.05) is 31.0 Å². The van der Waals surface area contributed by atoms with E-state index in [0.717, 1.165) is 67.2 Å². The molecule has 4 heterocycles. The monoisotopic (exact) mass is 444 g/mol. The molecule has 1 aromatic carbocycles. The van der Waals surface area contributed by atoms with E-state index < -0.39 is 11.6 Å². The van der Waals surface area contributed by atoms with Crippen LogP contribution in [0.1, 0.15) is 36.0 Å². The lowest BCUT2D eigenvalue weighted by Crippen LogP contribution is -2.37. The Hall–Kier alpha value is -2.61. The lowest BCUT2D eigenvalue weighted by molar-refractivity contribution is 0.0936. The summed E-state index contributed by atoms with van der Waals surface area (Å²) in [5.74, 6) is 1.46. The highest BCUT2D eigenvalue weighted by atomic mass is 32.2. The van der Waals surface area contributed by atoms with Gasteiger partial charge < -0.3 is 10.2 Å². The summed E-state index contributed by atoms with van der Waals surface area (Å²) in [6.45, 7) is 2.21. The first-order valence-corrected chi connectivity index (χ1v) is 11.8. The van der Waals surface area contributed by atoms with E-state index in [2.05, 4.69) is 27.4 Å². The van der Waals surface area contributed by atoms with Crippen LogP contribution in [0.25, 0.3) is 5.52 Å². The Balaban J connectivity index is 0.000000245. The highest BCUT2D eigenvalue weighted by molar-refractivity contribution is 7.99. The van der Waals surface area contributed by atoms with Crippen LogP contribution < -0.4 is 10.2 Å². The fourth-order valence-electron chi connectivity index (χ4n) is 3.85. The van der Waals surface area contributed by atoms with Gasteiger partial charge in [-0.1, -0.05) is 0 Å². The molecule has 2 aliphatic rings. The Morgan fingerprint density at radius 3 is 2.32 bits per heavy atom. The Kier molecular flexibility index (Phi) is 7.06. The van der Waals surface area contributed by atoms with E-state index in [0.29, 0.717) is 11.6 Å². The number of aromatic nitrogens is 2. The van der Waals surface area contributed by atoms with Crippen LogP contribution >= 0.6 is 11.8 Å². The van der Waals surface area contributed by atoms with Crippen LogP contribution in [0.5, 0.6) is 0 Å². The molecule has 0 spiro atoms. The average molecular weight is 445 g/mol. The van der Waals surface area contributed by atoms with Crippen molar-refractivity contribution in [2.24, 2.45) is 0 Å². The number of carbonyl (C=O) groups is 1. The number of anilines is 1. The minimum atomic E-state index is -0.411. The van der Waals surface area contributed by atoms with Crippen LogP contribution in [-0.2, 0) is 0 Å². The summed E-state index contributed by atoms with van der Waals surface area (Å²) in [5, 5.41) is 7.52. The predicted molar refractivity (Wildman–Crippen MR) is 121 cm³/mol. The van der Waals surface area contributed by atoms with E-state index in [1.54, 1.807) is 10.7 Å². The third kappa shape index (κ3) is 5.55. The fraction of sp³-hybridized carbons (Fsp3) is 0.391. The van der Waals surface area contributed by atoms with E-state index in [-0.39, 0.29) is 5.91 Å². The van der Waals surface area contributed by atoms with Gasteiger partial charge in [-0.15, -0.1) is 0 Å². The van der Waals surface area contributed by atoms with Crippen molar-refractivity contribution in [1.29, 1.82) is 0 Å². The first-order chi connectivity index (χ1) is 15.1. The zero-order valence-electron chi connectivity index (χ0n) is 17.3. The van der Waals surface area contributed by atoms with Crippen LogP contribution in [0, 0.1) is 11.6 Å². The molecular formula is C23H26F2N4OS. The maximum Gasteiger partial charge on any atom is 0.255 e. The molecule has 2 aliphatic heterocycles. The van der Waals surface area contributed by atoms with Crippen molar-refractivity contribution in [2.45, 2.75) is 31.7 Å². The molecule has 164 valence electrons. The third-order valence-electron chi connectivity index (χ3n) is 5.58. The van der Waals surface area contributed by atoms with Gasteiger partial charge in [-0.2, -0.15) is 16.9 Å². The molecule has 1 amide bonds. The molecule has 0 aliphatic carbocycles. The summed E-state index contributed by atoms with van der Waals surface area (Å²) in [7, 11) is 0. The smallest absolute Gasteiger partial charge is 0.255 e. The first kappa shape index (κ1) is 21.6. The normalized spacial score (nSPS) is 16.8. The number of hydrogen-bond donors (Lipinski definition) is 1. The Labute approximate surface area is 184 Å². The molecule has 0 saturated carbocycles. The number of hydrogen-bond acceptors (Lipinski definition) is 4. The molecule has 0 atom stereocenters. The minimum Gasteiger partial charge on any atom is -0.371 e. The zero-order valence-corrected chi connectivity index (χ0v) is 18.1. The number of rotatable bonds is 3. The number of pyridine rings is 1. The Bertz CT molecular complexity index is 991. The molecule has 31 heavy (non-hydrogen) atoms. The van der Waals surface area contributed by atoms with Gasteiger partial charge in [-0.25, -0.2) is 13.3 Å². The zero-order chi connectivity index (χ0) is 21.6. The van der Waals surface area contributed by atoms with Gasteiger partial charge in [-0.05, 0) is 73.6 Å². The van der Waals surface area contributed by atoms with Crippen LogP contribution in [0.4, 0.5) is 14.5 Å². The molecule has 1 N–H and O–H groups in total. The predicted octanol–water partition coefficient (Wildman–Crippen LogP) is 4.52. The second-order valence-electron chi connectivity index (χ2n) is 7.76. The van der Waals surface area contributed by atoms with E-state index in [1.165, 1.54) is 18.5 Å². The molecule has 3 aromatic rings. The summed E-state index contributed by atoms with van der Waals surface area (Å²) in [6, 6.07) is 8.81. The summed E-state index contributed by atoms with van der Waals surface area (Å²) in [6.07, 6.45) is 8.27. The number of benzene rings is 1. The second-order valence-corrected chi connectivity index (χ2v) is 8.99. The number of nitrogens with zero attached hydrogens (tertiary/aromatic N) is 3. The van der Waals surface area contributed by atoms with Gasteiger partial charge in [0.25, 0.3) is 5.91 Å². The van der Waals surface area contributed by atoms with Crippen molar-refractivity contribution in [3.05, 3.63) is 66.0 Å². The van der Waals surface area contributed by atoms with Crippen LogP contribution in [0.15, 0.2) is 48.8 Å². The number of thioether (sulfide) groups is 1. The maximum atomic E-state index is 12.6. The van der Waals surface area contributed by atoms with Gasteiger partial charge in [0.1, 0.15) is 11.6 Å². The summed E-state index contributed by atoms with van der Waals surface area (Å²) < 4.78 is 25.6. The Morgan fingerprint density at radius 2 is 1.68 bits per heavy atom. The second kappa shape index (κ2) is 10.1. The first-order valence-electron chi connectivity index (χ1n) is 10.6. The molecule has 5 rings (SSSR count). The van der Waals surface area contributed by atoms with Crippen LogP contribution in [0.2, 0.25) is 0 Å². The third-order valence-corrected chi connectivity index (χ3v) is 6.63. The van der Waals surface area contributed by atoms with E-state index >= 15 is 0 Å². The van der Waals surface area contributed by atoms with Crippen molar-refractivity contribution in [3.63, 3.8) is 0 Å². The summed E-state index contributed by atoms with van der Waals surface area (Å²) in [5.41, 5.74) is 2.78. The van der Waals surface area contributed by atoms with Crippen LogP contribution in [0.3, 0.4) is 0 Å². The van der Waals surface area contributed by atoms with Gasteiger partial charge in [0.05, 0.1) is 17.3 Å². The molecule has 0 radical (unpaired) electrons. The quantitative estimate of drug-likeness (QED) is 0.645. The number of halogens is 2. The van der Waals surface area contributed by atoms with Gasteiger partial charge >= 0.3 is 0 Å². The Morgan fingerprint density at radius 1 is 1.03 bits per heavy atom. The minimum absolute atomic E-state index is 0.00970. The van der Waals surface area contributed by atoms with Crippen molar-refractivity contribution in [2.75, 3.05) is 29.5 Å². The van der Waals surface area contributed by atoms with Crippen molar-refractivity contribution in [1.82, 2.24) is 14.9 Å². The lowest BCUT2D eigenvalue weighted by atomic mass is 10.1. The largest absolute Gasteiger partial charge is 0.371 e. The molecule has 2 saturated heterocycles. The SMILES string of the molecule is Fc1ccc(F)cc1.O=C(NC1CCSCC1)c1cnn2ccc(N3CCCC3)cc12. The van der Waals surface area contributed by atoms with E-state index in [4.69, 9.17) is 0 Å². The number of carbonyl (C=O) groups excluding carboxylic acids is 1. The average Bonchev–Trinajstić information content (AvgIpc) is 3.46. The van der Waals surface area contributed by atoms with Gasteiger partial charge in [-0.3, -0.25) is 4.79 Å². The fourth-order valence-corrected chi connectivity index (χ4v) is 4.96. The molecular weight excluding hydrogens is 418 g/mol. The highest BCUT2D eigenvalue weighted by Gasteiger charge is 2.20. The maximum absolute atomic E-state index is 12.6. The molecule has 0 bridgehead atoms. The van der Waals surface area contributed by atoms with E-state index in [9.17, 15) is 13.6 Å². The standard InChI is InChI=1S/C17H22N4OS.C6H4F2/c22-17(19-13-4-9-23-10-5-13)15-12-18-21-8-3-14(11-16(15)21)20-6-1-2-7-20;7-5-1-2-6(8)4-3-5/h3,8,11-13H,1-2,4-7,9-10H2,(H,19,22);1-4H. The van der Waals surface area contributed by atoms with Crippen molar-refractivity contribution < 1.29 is 13.6 Å². The van der Waals surface area contributed by atoms with Gasteiger partial charge in [0.15, 0.2) is 0 Å². The lowest BCUT2D eigenvalue weighted by Gasteiger charge is -2.22.